The number of nitrogens with one attached hydrogen (secondary N) is 1. The number of carbonyl (C=O) groups excluding carboxylic acids is 1. The smallest absolute Gasteiger partial charge is 0.329 e. The number of fused-ring (bicyclic) bond motifs is 1. The average molecular weight is 442 g/mol. The van der Waals surface area contributed by atoms with E-state index in [2.05, 4.69) is 19.0 Å². The van der Waals surface area contributed by atoms with E-state index in [9.17, 15) is 9.59 Å². The van der Waals surface area contributed by atoms with Gasteiger partial charge in [-0.3, -0.25) is 4.79 Å². The van der Waals surface area contributed by atoms with E-state index in [1.54, 1.807) is 30.5 Å². The summed E-state index contributed by atoms with van der Waals surface area (Å²) >= 11 is 1.13. The summed E-state index contributed by atoms with van der Waals surface area (Å²) in [5, 5.41) is 11.7. The number of aromatic nitrogens is 3. The predicted molar refractivity (Wildman–Crippen MR) is 113 cm³/mol. The summed E-state index contributed by atoms with van der Waals surface area (Å²) in [4.78, 5) is 27.6. The van der Waals surface area contributed by atoms with E-state index in [4.69, 9.17) is 14.6 Å². The van der Waals surface area contributed by atoms with Gasteiger partial charge in [0.2, 0.25) is 5.88 Å². The summed E-state index contributed by atoms with van der Waals surface area (Å²) in [5.74, 6) is -0.106. The predicted octanol–water partition coefficient (Wildman–Crippen LogP) is 3.27. The zero-order valence-corrected chi connectivity index (χ0v) is 17.5. The molecule has 31 heavy (non-hydrogen) atoms. The van der Waals surface area contributed by atoms with Gasteiger partial charge in [-0.1, -0.05) is 0 Å². The molecular formula is C21H22N4O5S. The Morgan fingerprint density at radius 3 is 2.74 bits per heavy atom. The van der Waals surface area contributed by atoms with Crippen LogP contribution in [0.25, 0.3) is 11.0 Å². The number of carbonyl (C=O) groups is 2. The van der Waals surface area contributed by atoms with Crippen LogP contribution in [0.1, 0.15) is 36.0 Å². The molecular weight excluding hydrogens is 420 g/mol. The van der Waals surface area contributed by atoms with Crippen molar-refractivity contribution >= 4 is 34.6 Å². The van der Waals surface area contributed by atoms with E-state index in [1.807, 2.05) is 6.07 Å². The summed E-state index contributed by atoms with van der Waals surface area (Å²) in [7, 11) is 0. The maximum atomic E-state index is 12.8. The van der Waals surface area contributed by atoms with Crippen molar-refractivity contribution in [1.82, 2.24) is 19.0 Å². The number of rotatable bonds is 8. The van der Waals surface area contributed by atoms with Crippen molar-refractivity contribution in [3.63, 3.8) is 0 Å². The van der Waals surface area contributed by atoms with E-state index in [-0.39, 0.29) is 24.5 Å². The van der Waals surface area contributed by atoms with Crippen molar-refractivity contribution in [3.05, 3.63) is 42.1 Å². The first-order valence-electron chi connectivity index (χ1n) is 10.1. The van der Waals surface area contributed by atoms with Gasteiger partial charge in [-0.15, -0.1) is 0 Å². The van der Waals surface area contributed by atoms with Gasteiger partial charge in [0.1, 0.15) is 29.0 Å². The van der Waals surface area contributed by atoms with Crippen molar-refractivity contribution < 1.29 is 24.2 Å². The first-order valence-corrected chi connectivity index (χ1v) is 10.8. The summed E-state index contributed by atoms with van der Waals surface area (Å²) in [6.07, 6.45) is 4.90. The molecule has 0 bridgehead atoms. The van der Waals surface area contributed by atoms with Gasteiger partial charge < -0.3 is 19.9 Å². The minimum Gasteiger partial charge on any atom is -0.480 e. The lowest BCUT2D eigenvalue weighted by Gasteiger charge is -2.28. The Morgan fingerprint density at radius 2 is 1.94 bits per heavy atom. The molecule has 1 saturated carbocycles. The fourth-order valence-electron chi connectivity index (χ4n) is 3.61. The molecule has 0 spiro atoms. The number of pyridine rings is 1. The number of amides is 1. The maximum absolute atomic E-state index is 12.8. The van der Waals surface area contributed by atoms with Crippen molar-refractivity contribution in [1.29, 1.82) is 0 Å². The Morgan fingerprint density at radius 1 is 1.13 bits per heavy atom. The molecule has 1 aromatic carbocycles. The van der Waals surface area contributed by atoms with Gasteiger partial charge in [0.05, 0.1) is 17.8 Å². The van der Waals surface area contributed by atoms with Crippen LogP contribution in [0.5, 0.6) is 11.6 Å². The Balaban J connectivity index is 1.32. The summed E-state index contributed by atoms with van der Waals surface area (Å²) in [6, 6.07) is 8.72. The molecule has 0 aliphatic heterocycles. The lowest BCUT2D eigenvalue weighted by molar-refractivity contribution is -0.145. The van der Waals surface area contributed by atoms with Crippen molar-refractivity contribution in [2.45, 2.75) is 31.8 Å². The molecule has 2 aromatic heterocycles. The molecule has 2 N–H and O–H groups in total. The van der Waals surface area contributed by atoms with E-state index in [1.165, 1.54) is 0 Å². The van der Waals surface area contributed by atoms with Crippen LogP contribution < -0.4 is 10.1 Å². The fourth-order valence-corrected chi connectivity index (χ4v) is 4.12. The Bertz CT molecular complexity index is 1060. The lowest BCUT2D eigenvalue weighted by Crippen LogP contribution is -2.33. The normalized spacial score (nSPS) is 18.6. The molecule has 3 aromatic rings. The largest absolute Gasteiger partial charge is 0.480 e. The second-order valence-corrected chi connectivity index (χ2v) is 7.96. The molecule has 1 fully saturated rings. The van der Waals surface area contributed by atoms with Crippen molar-refractivity contribution in [2.24, 2.45) is 5.92 Å². The molecule has 0 unspecified atom stereocenters. The monoisotopic (exact) mass is 442 g/mol. The fraction of sp³-hybridized carbons (Fsp3) is 0.381. The number of aliphatic carboxylic acids is 1. The second-order valence-electron chi connectivity index (χ2n) is 7.43. The highest BCUT2D eigenvalue weighted by Crippen LogP contribution is 2.27. The number of hydrogen-bond donors (Lipinski definition) is 2. The molecule has 1 aliphatic rings. The van der Waals surface area contributed by atoms with E-state index in [0.717, 1.165) is 48.4 Å². The Hall–Kier alpha value is -3.11. The molecule has 4 rings (SSSR count). The number of hydrogen-bond acceptors (Lipinski definition) is 8. The van der Waals surface area contributed by atoms with Crippen LogP contribution >= 0.6 is 11.7 Å². The third-order valence-corrected chi connectivity index (χ3v) is 5.80. The molecule has 1 aliphatic carbocycles. The van der Waals surface area contributed by atoms with Gasteiger partial charge in [-0.2, -0.15) is 8.75 Å². The third kappa shape index (κ3) is 5.53. The zero-order chi connectivity index (χ0) is 21.6. The van der Waals surface area contributed by atoms with E-state index in [0.29, 0.717) is 23.8 Å². The molecule has 2 heterocycles. The number of ether oxygens (including phenoxy) is 2. The molecule has 10 heteroatoms. The summed E-state index contributed by atoms with van der Waals surface area (Å²) in [6.45, 7) is 0.275. The minimum absolute atomic E-state index is 0.0216. The lowest BCUT2D eigenvalue weighted by atomic mass is 9.87. The van der Waals surface area contributed by atoms with Crippen molar-refractivity contribution in [3.8, 4) is 11.6 Å². The molecule has 9 nitrogen and oxygen atoms in total. The van der Waals surface area contributed by atoms with Crippen LogP contribution in [0.4, 0.5) is 0 Å². The Kier molecular flexibility index (Phi) is 6.68. The minimum atomic E-state index is -0.952. The standard InChI is InChI=1S/C21H22N4O5S/c26-19(27)12-29-14-5-3-13(4-6-14)11-23-20(28)16-2-1-9-22-21(16)30-15-7-8-17-18(10-15)25-31-24-17/h1-2,7-10,13-14H,3-6,11-12H2,(H,23,28)(H,26,27). The SMILES string of the molecule is O=C(O)COC1CCC(CNC(=O)c2cccnc2Oc2ccc3nsnc3c2)CC1. The number of carboxylic acids is 1. The molecule has 162 valence electrons. The molecule has 1 amide bonds. The summed E-state index contributed by atoms with van der Waals surface area (Å²) in [5.41, 5.74) is 1.88. The highest BCUT2D eigenvalue weighted by molar-refractivity contribution is 7.00. The third-order valence-electron chi connectivity index (χ3n) is 5.24. The second kappa shape index (κ2) is 9.80. The highest BCUT2D eigenvalue weighted by Gasteiger charge is 2.23. The van der Waals surface area contributed by atoms with Crippen LogP contribution in [0.2, 0.25) is 0 Å². The first-order chi connectivity index (χ1) is 15.1. The zero-order valence-electron chi connectivity index (χ0n) is 16.7. The van der Waals surface area contributed by atoms with Gasteiger partial charge in [-0.25, -0.2) is 9.78 Å². The molecule has 0 saturated heterocycles. The number of nitrogens with zero attached hydrogens (tertiary/aromatic N) is 3. The maximum Gasteiger partial charge on any atom is 0.329 e. The van der Waals surface area contributed by atoms with Crippen LogP contribution in [0.3, 0.4) is 0 Å². The molecule has 0 atom stereocenters. The Labute approximate surface area is 182 Å². The van der Waals surface area contributed by atoms with Crippen LogP contribution in [-0.4, -0.2) is 50.0 Å². The first kappa shape index (κ1) is 21.1. The van der Waals surface area contributed by atoms with Crippen molar-refractivity contribution in [2.75, 3.05) is 13.2 Å². The van der Waals surface area contributed by atoms with Gasteiger partial charge >= 0.3 is 5.97 Å². The van der Waals surface area contributed by atoms with Gasteiger partial charge in [-0.05, 0) is 55.9 Å². The van der Waals surface area contributed by atoms with Crippen LogP contribution in [0.15, 0.2) is 36.5 Å². The quantitative estimate of drug-likeness (QED) is 0.545. The average Bonchev–Trinajstić information content (AvgIpc) is 3.25. The van der Waals surface area contributed by atoms with Crippen LogP contribution in [-0.2, 0) is 9.53 Å². The highest BCUT2D eigenvalue weighted by atomic mass is 32.1. The topological polar surface area (TPSA) is 124 Å². The number of carboxylic acid groups (broad SMARTS) is 1. The van der Waals surface area contributed by atoms with Gasteiger partial charge in [0.15, 0.2) is 0 Å². The van der Waals surface area contributed by atoms with E-state index < -0.39 is 5.97 Å². The van der Waals surface area contributed by atoms with E-state index >= 15 is 0 Å². The summed E-state index contributed by atoms with van der Waals surface area (Å²) < 4.78 is 19.6. The van der Waals surface area contributed by atoms with Gasteiger partial charge in [0, 0.05) is 18.8 Å². The number of benzene rings is 1. The van der Waals surface area contributed by atoms with Crippen LogP contribution in [0, 0.1) is 5.92 Å². The molecule has 0 radical (unpaired) electrons. The van der Waals surface area contributed by atoms with Gasteiger partial charge in [0.25, 0.3) is 5.91 Å².